The first-order valence-corrected chi connectivity index (χ1v) is 6.56. The maximum Gasteiger partial charge on any atom is 0.315 e. The first-order valence-electron chi connectivity index (χ1n) is 6.56. The average molecular weight is 243 g/mol. The Labute approximate surface area is 104 Å². The molecular weight excluding hydrogens is 218 g/mol. The average Bonchev–Trinajstić information content (AvgIpc) is 2.31. The first kappa shape index (κ1) is 14.3. The van der Waals surface area contributed by atoms with Crippen molar-refractivity contribution in [3.05, 3.63) is 0 Å². The van der Waals surface area contributed by atoms with Crippen LogP contribution in [0, 0.1) is 0 Å². The zero-order valence-corrected chi connectivity index (χ0v) is 10.9. The second kappa shape index (κ2) is 7.50. The lowest BCUT2D eigenvalue weighted by atomic mass is 10.1. The highest BCUT2D eigenvalue weighted by Crippen LogP contribution is 2.10. The molecule has 100 valence electrons. The number of nitrogens with zero attached hydrogens (tertiary/aromatic N) is 1. The zero-order valence-electron chi connectivity index (χ0n) is 10.9. The SMILES string of the molecule is CCCN1CCC(NC(=O)NC(C)CO)CC1. The number of carbonyl (C=O) groups is 1. The first-order chi connectivity index (χ1) is 8.15. The molecule has 0 bridgehead atoms. The molecule has 0 saturated carbocycles. The van der Waals surface area contributed by atoms with E-state index in [2.05, 4.69) is 22.5 Å². The van der Waals surface area contributed by atoms with Gasteiger partial charge in [0, 0.05) is 19.1 Å². The van der Waals surface area contributed by atoms with Crippen molar-refractivity contribution in [2.24, 2.45) is 0 Å². The van der Waals surface area contributed by atoms with Crippen LogP contribution in [-0.4, -0.2) is 54.4 Å². The summed E-state index contributed by atoms with van der Waals surface area (Å²) < 4.78 is 0. The Morgan fingerprint density at radius 1 is 1.47 bits per heavy atom. The number of aliphatic hydroxyl groups excluding tert-OH is 1. The molecule has 0 spiro atoms. The van der Waals surface area contributed by atoms with Crippen LogP contribution in [0.1, 0.15) is 33.1 Å². The molecule has 1 unspecified atom stereocenters. The molecule has 1 heterocycles. The fraction of sp³-hybridized carbons (Fsp3) is 0.917. The van der Waals surface area contributed by atoms with Crippen LogP contribution in [0.25, 0.3) is 0 Å². The van der Waals surface area contributed by atoms with Crippen molar-refractivity contribution < 1.29 is 9.90 Å². The highest BCUT2D eigenvalue weighted by atomic mass is 16.3. The summed E-state index contributed by atoms with van der Waals surface area (Å²) in [5.41, 5.74) is 0. The van der Waals surface area contributed by atoms with Crippen LogP contribution >= 0.6 is 0 Å². The van der Waals surface area contributed by atoms with E-state index < -0.39 is 0 Å². The molecule has 5 heteroatoms. The topological polar surface area (TPSA) is 64.6 Å². The molecule has 0 aromatic rings. The summed E-state index contributed by atoms with van der Waals surface area (Å²) >= 11 is 0. The van der Waals surface area contributed by atoms with Crippen LogP contribution in [0.2, 0.25) is 0 Å². The van der Waals surface area contributed by atoms with Crippen molar-refractivity contribution in [2.45, 2.75) is 45.2 Å². The minimum atomic E-state index is -0.185. The highest BCUT2D eigenvalue weighted by molar-refractivity contribution is 5.74. The Bertz CT molecular complexity index is 228. The van der Waals surface area contributed by atoms with Gasteiger partial charge in [-0.1, -0.05) is 6.92 Å². The second-order valence-corrected chi connectivity index (χ2v) is 4.82. The summed E-state index contributed by atoms with van der Waals surface area (Å²) in [4.78, 5) is 14.0. The third kappa shape index (κ3) is 5.37. The van der Waals surface area contributed by atoms with Gasteiger partial charge >= 0.3 is 6.03 Å². The molecule has 1 rings (SSSR count). The Kier molecular flexibility index (Phi) is 6.29. The molecule has 0 aliphatic carbocycles. The molecule has 0 aromatic carbocycles. The number of nitrogens with one attached hydrogen (secondary N) is 2. The quantitative estimate of drug-likeness (QED) is 0.660. The number of piperidine rings is 1. The molecule has 1 atom stereocenters. The second-order valence-electron chi connectivity index (χ2n) is 4.82. The molecule has 1 aliphatic rings. The van der Waals surface area contributed by atoms with Crippen molar-refractivity contribution >= 4 is 6.03 Å². The number of hydrogen-bond acceptors (Lipinski definition) is 3. The lowest BCUT2D eigenvalue weighted by Gasteiger charge is -2.32. The van der Waals surface area contributed by atoms with E-state index in [1.165, 1.54) is 6.42 Å². The van der Waals surface area contributed by atoms with Gasteiger partial charge in [0.1, 0.15) is 0 Å². The monoisotopic (exact) mass is 243 g/mol. The van der Waals surface area contributed by atoms with Crippen LogP contribution in [0.15, 0.2) is 0 Å². The third-order valence-electron chi connectivity index (χ3n) is 3.11. The van der Waals surface area contributed by atoms with Crippen LogP contribution in [-0.2, 0) is 0 Å². The largest absolute Gasteiger partial charge is 0.394 e. The van der Waals surface area contributed by atoms with Crippen molar-refractivity contribution in [3.8, 4) is 0 Å². The van der Waals surface area contributed by atoms with Gasteiger partial charge in [-0.05, 0) is 32.7 Å². The van der Waals surface area contributed by atoms with Gasteiger partial charge in [0.2, 0.25) is 0 Å². The molecule has 0 radical (unpaired) electrons. The summed E-state index contributed by atoms with van der Waals surface area (Å²) in [6, 6.07) is -0.0790. The molecule has 5 nitrogen and oxygen atoms in total. The number of urea groups is 1. The normalized spacial score (nSPS) is 19.9. The Morgan fingerprint density at radius 3 is 2.65 bits per heavy atom. The Morgan fingerprint density at radius 2 is 2.12 bits per heavy atom. The van der Waals surface area contributed by atoms with E-state index in [0.717, 1.165) is 32.5 Å². The van der Waals surface area contributed by atoms with Gasteiger partial charge < -0.3 is 20.6 Å². The van der Waals surface area contributed by atoms with E-state index in [0.29, 0.717) is 0 Å². The molecule has 0 aromatic heterocycles. The van der Waals surface area contributed by atoms with Gasteiger partial charge in [-0.2, -0.15) is 0 Å². The van der Waals surface area contributed by atoms with Crippen LogP contribution in [0.3, 0.4) is 0 Å². The van der Waals surface area contributed by atoms with E-state index in [-0.39, 0.29) is 24.7 Å². The maximum atomic E-state index is 11.5. The summed E-state index contributed by atoms with van der Waals surface area (Å²) in [5.74, 6) is 0. The number of rotatable bonds is 5. The van der Waals surface area contributed by atoms with Crippen LogP contribution in [0.5, 0.6) is 0 Å². The summed E-state index contributed by atoms with van der Waals surface area (Å²) in [6.07, 6.45) is 3.22. The Hall–Kier alpha value is -0.810. The summed E-state index contributed by atoms with van der Waals surface area (Å²) in [5, 5.41) is 14.5. The molecular formula is C12H25N3O2. The lowest BCUT2D eigenvalue weighted by molar-refractivity contribution is 0.188. The van der Waals surface area contributed by atoms with Crippen molar-refractivity contribution in [1.82, 2.24) is 15.5 Å². The standard InChI is InChI=1S/C12H25N3O2/c1-3-6-15-7-4-11(5-8-15)14-12(17)13-10(2)9-16/h10-11,16H,3-9H2,1-2H3,(H2,13,14,17). The minimum absolute atomic E-state index is 0.0254. The molecule has 17 heavy (non-hydrogen) atoms. The molecule has 2 amide bonds. The predicted molar refractivity (Wildman–Crippen MR) is 68.0 cm³/mol. The highest BCUT2D eigenvalue weighted by Gasteiger charge is 2.20. The number of likely N-dealkylation sites (tertiary alicyclic amines) is 1. The van der Waals surface area contributed by atoms with Crippen molar-refractivity contribution in [2.75, 3.05) is 26.2 Å². The fourth-order valence-corrected chi connectivity index (χ4v) is 2.11. The van der Waals surface area contributed by atoms with Gasteiger partial charge in [0.15, 0.2) is 0 Å². The zero-order chi connectivity index (χ0) is 12.7. The summed E-state index contributed by atoms with van der Waals surface area (Å²) in [7, 11) is 0. The summed E-state index contributed by atoms with van der Waals surface area (Å²) in [6.45, 7) is 7.23. The number of carbonyl (C=O) groups excluding carboxylic acids is 1. The molecule has 1 fully saturated rings. The maximum absolute atomic E-state index is 11.5. The van der Waals surface area contributed by atoms with E-state index in [1.54, 1.807) is 6.92 Å². The number of hydrogen-bond donors (Lipinski definition) is 3. The van der Waals surface area contributed by atoms with Gasteiger partial charge in [-0.3, -0.25) is 0 Å². The minimum Gasteiger partial charge on any atom is -0.394 e. The van der Waals surface area contributed by atoms with Gasteiger partial charge in [0.05, 0.1) is 12.6 Å². The van der Waals surface area contributed by atoms with Gasteiger partial charge in [-0.15, -0.1) is 0 Å². The van der Waals surface area contributed by atoms with Crippen LogP contribution < -0.4 is 10.6 Å². The van der Waals surface area contributed by atoms with Gasteiger partial charge in [-0.25, -0.2) is 4.79 Å². The Balaban J connectivity index is 2.19. The molecule has 1 aliphatic heterocycles. The van der Waals surface area contributed by atoms with Crippen molar-refractivity contribution in [3.63, 3.8) is 0 Å². The van der Waals surface area contributed by atoms with E-state index in [9.17, 15) is 4.79 Å². The third-order valence-corrected chi connectivity index (χ3v) is 3.11. The number of amides is 2. The molecule has 3 N–H and O–H groups in total. The van der Waals surface area contributed by atoms with E-state index in [1.807, 2.05) is 0 Å². The van der Waals surface area contributed by atoms with E-state index in [4.69, 9.17) is 5.11 Å². The van der Waals surface area contributed by atoms with E-state index >= 15 is 0 Å². The van der Waals surface area contributed by atoms with Crippen molar-refractivity contribution in [1.29, 1.82) is 0 Å². The smallest absolute Gasteiger partial charge is 0.315 e. The lowest BCUT2D eigenvalue weighted by Crippen LogP contribution is -2.50. The predicted octanol–water partition coefficient (Wildman–Crippen LogP) is 0.541. The van der Waals surface area contributed by atoms with Crippen LogP contribution in [0.4, 0.5) is 4.79 Å². The fourth-order valence-electron chi connectivity index (χ4n) is 2.11. The molecule has 1 saturated heterocycles. The van der Waals surface area contributed by atoms with Gasteiger partial charge in [0.25, 0.3) is 0 Å². The number of aliphatic hydroxyl groups is 1.